The van der Waals surface area contributed by atoms with Gasteiger partial charge in [-0.3, -0.25) is 4.79 Å². The molecule has 3 nitrogen and oxygen atoms in total. The van der Waals surface area contributed by atoms with Crippen molar-refractivity contribution in [3.63, 3.8) is 0 Å². The number of hydrogen-bond acceptors (Lipinski definition) is 1. The molecule has 0 saturated carbocycles. The van der Waals surface area contributed by atoms with E-state index in [1.54, 1.807) is 30.5 Å². The van der Waals surface area contributed by atoms with Crippen LogP contribution in [0, 0.1) is 5.82 Å². The van der Waals surface area contributed by atoms with E-state index in [1.165, 1.54) is 24.3 Å². The molecule has 2 N–H and O–H groups in total. The first-order valence-corrected chi connectivity index (χ1v) is 10.1. The van der Waals surface area contributed by atoms with Crippen LogP contribution in [0.1, 0.15) is 34.6 Å². The Morgan fingerprint density at radius 2 is 1.59 bits per heavy atom. The number of para-hydroxylation sites is 1. The van der Waals surface area contributed by atoms with Crippen LogP contribution in [0.25, 0.3) is 10.9 Å². The molecular weight excluding hydrogens is 420 g/mol. The fraction of sp³-hybridized carbons (Fsp3) is 0.160. The Kier molecular flexibility index (Phi) is 5.99. The number of carbonyl (C=O) groups excluding carboxylic acids is 1. The number of H-pyrrole nitrogens is 1. The maximum absolute atomic E-state index is 13.8. The summed E-state index contributed by atoms with van der Waals surface area (Å²) in [6.07, 6.45) is -3.06. The third kappa shape index (κ3) is 4.66. The Morgan fingerprint density at radius 3 is 2.34 bits per heavy atom. The Morgan fingerprint density at radius 1 is 0.906 bits per heavy atom. The van der Waals surface area contributed by atoms with Crippen LogP contribution in [0.2, 0.25) is 0 Å². The summed E-state index contributed by atoms with van der Waals surface area (Å²) in [5.74, 6) is -1.60. The number of carbonyl (C=O) groups is 1. The minimum atomic E-state index is -4.55. The fourth-order valence-electron chi connectivity index (χ4n) is 3.89. The topological polar surface area (TPSA) is 44.9 Å². The van der Waals surface area contributed by atoms with E-state index in [0.717, 1.165) is 17.0 Å². The van der Waals surface area contributed by atoms with Crippen LogP contribution in [0.4, 0.5) is 17.6 Å². The molecule has 1 aromatic heterocycles. The zero-order chi connectivity index (χ0) is 22.7. The average Bonchev–Trinajstić information content (AvgIpc) is 3.20. The summed E-state index contributed by atoms with van der Waals surface area (Å²) >= 11 is 0. The SMILES string of the molecule is O=C(CC(c1ccccc1C(F)(F)F)c1c[nH]c2ccccc12)NCc1ccc(F)cc1. The van der Waals surface area contributed by atoms with Gasteiger partial charge in [-0.2, -0.15) is 13.2 Å². The number of amides is 1. The van der Waals surface area contributed by atoms with E-state index in [9.17, 15) is 22.4 Å². The Labute approximate surface area is 182 Å². The molecular formula is C25H20F4N2O. The fourth-order valence-corrected chi connectivity index (χ4v) is 3.89. The predicted octanol–water partition coefficient (Wildman–Crippen LogP) is 6.16. The van der Waals surface area contributed by atoms with E-state index in [4.69, 9.17) is 0 Å². The van der Waals surface area contributed by atoms with Gasteiger partial charge in [0.1, 0.15) is 5.82 Å². The van der Waals surface area contributed by atoms with E-state index in [0.29, 0.717) is 11.1 Å². The quantitative estimate of drug-likeness (QED) is 0.346. The molecule has 0 bridgehead atoms. The minimum absolute atomic E-state index is 0.0432. The molecule has 3 aromatic carbocycles. The van der Waals surface area contributed by atoms with Crippen LogP contribution < -0.4 is 5.32 Å². The molecule has 0 fully saturated rings. The molecule has 0 aliphatic rings. The van der Waals surface area contributed by atoms with Gasteiger partial charge in [-0.25, -0.2) is 4.39 Å². The maximum atomic E-state index is 13.8. The van der Waals surface area contributed by atoms with Crippen LogP contribution in [-0.2, 0) is 17.5 Å². The number of halogens is 4. The molecule has 0 radical (unpaired) electrons. The van der Waals surface area contributed by atoms with Crippen LogP contribution in [0.3, 0.4) is 0 Å². The van der Waals surface area contributed by atoms with Gasteiger partial charge in [-0.05, 0) is 41.0 Å². The minimum Gasteiger partial charge on any atom is -0.361 e. The van der Waals surface area contributed by atoms with E-state index >= 15 is 0 Å². The number of hydrogen-bond donors (Lipinski definition) is 2. The van der Waals surface area contributed by atoms with Crippen LogP contribution >= 0.6 is 0 Å². The first-order valence-electron chi connectivity index (χ1n) is 10.1. The Bertz CT molecular complexity index is 1230. The van der Waals surface area contributed by atoms with Crippen molar-refractivity contribution in [1.29, 1.82) is 0 Å². The van der Waals surface area contributed by atoms with Crippen molar-refractivity contribution < 1.29 is 22.4 Å². The first kappa shape index (κ1) is 21.6. The smallest absolute Gasteiger partial charge is 0.361 e. The zero-order valence-corrected chi connectivity index (χ0v) is 16.9. The van der Waals surface area contributed by atoms with Crippen LogP contribution in [-0.4, -0.2) is 10.9 Å². The highest BCUT2D eigenvalue weighted by molar-refractivity contribution is 5.86. The van der Waals surface area contributed by atoms with Crippen molar-refractivity contribution in [2.75, 3.05) is 0 Å². The van der Waals surface area contributed by atoms with Gasteiger partial charge >= 0.3 is 6.18 Å². The van der Waals surface area contributed by atoms with E-state index in [1.807, 2.05) is 18.2 Å². The van der Waals surface area contributed by atoms with Crippen molar-refractivity contribution in [2.45, 2.75) is 25.1 Å². The van der Waals surface area contributed by atoms with Crippen molar-refractivity contribution >= 4 is 16.8 Å². The molecule has 1 amide bonds. The molecule has 1 heterocycles. The van der Waals surface area contributed by atoms with Gasteiger partial charge in [0.05, 0.1) is 5.56 Å². The molecule has 4 rings (SSSR count). The lowest BCUT2D eigenvalue weighted by Gasteiger charge is -2.21. The van der Waals surface area contributed by atoms with Gasteiger partial charge in [-0.1, -0.05) is 48.5 Å². The highest BCUT2D eigenvalue weighted by atomic mass is 19.4. The Hall–Kier alpha value is -3.61. The predicted molar refractivity (Wildman–Crippen MR) is 114 cm³/mol. The normalized spacial score (nSPS) is 12.6. The number of aromatic amines is 1. The summed E-state index contributed by atoms with van der Waals surface area (Å²) in [6, 6.07) is 18.3. The van der Waals surface area contributed by atoms with Crippen molar-refractivity contribution in [3.8, 4) is 0 Å². The van der Waals surface area contributed by atoms with Gasteiger partial charge in [0.2, 0.25) is 5.91 Å². The number of aromatic nitrogens is 1. The number of nitrogens with one attached hydrogen (secondary N) is 2. The second kappa shape index (κ2) is 8.86. The monoisotopic (exact) mass is 440 g/mol. The summed E-state index contributed by atoms with van der Waals surface area (Å²) in [5.41, 5.74) is 1.38. The number of benzene rings is 3. The Balaban J connectivity index is 1.67. The van der Waals surface area contributed by atoms with Crippen molar-refractivity contribution in [1.82, 2.24) is 10.3 Å². The number of alkyl halides is 3. The maximum Gasteiger partial charge on any atom is 0.416 e. The summed E-state index contributed by atoms with van der Waals surface area (Å²) in [7, 11) is 0. The lowest BCUT2D eigenvalue weighted by molar-refractivity contribution is -0.138. The van der Waals surface area contributed by atoms with Crippen molar-refractivity contribution in [3.05, 3.63) is 107 Å². The van der Waals surface area contributed by atoms with Crippen molar-refractivity contribution in [2.24, 2.45) is 0 Å². The number of rotatable bonds is 6. The second-order valence-corrected chi connectivity index (χ2v) is 7.53. The molecule has 0 aliphatic heterocycles. The molecule has 1 atom stereocenters. The van der Waals surface area contributed by atoms with E-state index in [-0.39, 0.29) is 24.3 Å². The molecule has 7 heteroatoms. The highest BCUT2D eigenvalue weighted by Crippen LogP contribution is 2.40. The van der Waals surface area contributed by atoms with Crippen LogP contribution in [0.15, 0.2) is 79.0 Å². The summed E-state index contributed by atoms with van der Waals surface area (Å²) in [6.45, 7) is 0.153. The summed E-state index contributed by atoms with van der Waals surface area (Å²) < 4.78 is 54.4. The highest BCUT2D eigenvalue weighted by Gasteiger charge is 2.36. The molecule has 0 saturated heterocycles. The van der Waals surface area contributed by atoms with Gasteiger partial charge in [-0.15, -0.1) is 0 Å². The average molecular weight is 440 g/mol. The van der Waals surface area contributed by atoms with E-state index in [2.05, 4.69) is 10.3 Å². The first-order chi connectivity index (χ1) is 15.3. The summed E-state index contributed by atoms with van der Waals surface area (Å²) in [4.78, 5) is 15.9. The molecule has 1 unspecified atom stereocenters. The molecule has 164 valence electrons. The zero-order valence-electron chi connectivity index (χ0n) is 16.9. The molecule has 32 heavy (non-hydrogen) atoms. The number of fused-ring (bicyclic) bond motifs is 1. The lowest BCUT2D eigenvalue weighted by Crippen LogP contribution is -2.25. The second-order valence-electron chi connectivity index (χ2n) is 7.53. The standard InChI is InChI=1S/C25H20F4N2O/c26-17-11-9-16(10-12-17)14-31-24(32)13-20(18-5-1-3-7-22(18)25(27,28)29)21-15-30-23-8-4-2-6-19(21)23/h1-12,15,20,30H,13-14H2,(H,31,32). The molecule has 4 aromatic rings. The van der Waals surface area contributed by atoms with E-state index < -0.39 is 23.6 Å². The molecule has 0 spiro atoms. The molecule has 0 aliphatic carbocycles. The van der Waals surface area contributed by atoms with Gasteiger partial charge < -0.3 is 10.3 Å². The largest absolute Gasteiger partial charge is 0.416 e. The summed E-state index contributed by atoms with van der Waals surface area (Å²) in [5, 5.41) is 3.50. The van der Waals surface area contributed by atoms with Gasteiger partial charge in [0.25, 0.3) is 0 Å². The third-order valence-corrected chi connectivity index (χ3v) is 5.43. The lowest BCUT2D eigenvalue weighted by atomic mass is 9.85. The van der Waals surface area contributed by atoms with Gasteiger partial charge in [0, 0.05) is 36.0 Å². The third-order valence-electron chi connectivity index (χ3n) is 5.43. The van der Waals surface area contributed by atoms with Gasteiger partial charge in [0.15, 0.2) is 0 Å². The van der Waals surface area contributed by atoms with Crippen LogP contribution in [0.5, 0.6) is 0 Å².